The van der Waals surface area contributed by atoms with Crippen LogP contribution in [0.4, 0.5) is 5.69 Å². The first-order chi connectivity index (χ1) is 16.5. The quantitative estimate of drug-likeness (QED) is 0.572. The number of nitrogens with zero attached hydrogens (tertiary/aromatic N) is 5. The van der Waals surface area contributed by atoms with Gasteiger partial charge in [0.05, 0.1) is 11.9 Å². The zero-order valence-corrected chi connectivity index (χ0v) is 23.0. The molecule has 35 heavy (non-hydrogen) atoms. The summed E-state index contributed by atoms with van der Waals surface area (Å²) in [4.78, 5) is 22.0. The van der Waals surface area contributed by atoms with Crippen LogP contribution >= 0.6 is 11.6 Å². The fourth-order valence-corrected chi connectivity index (χ4v) is 5.70. The van der Waals surface area contributed by atoms with Crippen LogP contribution in [0, 0.1) is 0 Å². The first-order valence-electron chi connectivity index (χ1n) is 12.3. The summed E-state index contributed by atoms with van der Waals surface area (Å²) in [6, 6.07) is 5.57. The molecule has 0 N–H and O–H groups in total. The first kappa shape index (κ1) is 27.5. The molecule has 0 saturated carbocycles. The van der Waals surface area contributed by atoms with Crippen molar-refractivity contribution in [1.82, 2.24) is 19.4 Å². The molecule has 0 saturated heterocycles. The van der Waals surface area contributed by atoms with Crippen LogP contribution in [0.2, 0.25) is 5.02 Å². The van der Waals surface area contributed by atoms with Gasteiger partial charge >= 0.3 is 0 Å². The number of aromatic nitrogens is 2. The van der Waals surface area contributed by atoms with Crippen LogP contribution in [-0.4, -0.2) is 72.2 Å². The van der Waals surface area contributed by atoms with Gasteiger partial charge in [0.15, 0.2) is 0 Å². The van der Waals surface area contributed by atoms with E-state index in [1.165, 1.54) is 10.6 Å². The number of anilines is 1. The van der Waals surface area contributed by atoms with Crippen molar-refractivity contribution < 1.29 is 13.2 Å². The summed E-state index contributed by atoms with van der Waals surface area (Å²) in [6.45, 7) is 11.7. The molecular formula is C25H38ClN5O3S. The smallest absolute Gasteiger partial charge is 0.232 e. The van der Waals surface area contributed by atoms with Gasteiger partial charge < -0.3 is 9.47 Å². The van der Waals surface area contributed by atoms with Crippen molar-refractivity contribution in [1.29, 1.82) is 0 Å². The number of aryl methyl sites for hydroxylation is 1. The Morgan fingerprint density at radius 3 is 2.51 bits per heavy atom. The maximum atomic E-state index is 13.5. The van der Waals surface area contributed by atoms with Gasteiger partial charge in [-0.1, -0.05) is 31.5 Å². The third kappa shape index (κ3) is 7.21. The predicted octanol–water partition coefficient (Wildman–Crippen LogP) is 3.96. The normalized spacial score (nSPS) is 16.5. The van der Waals surface area contributed by atoms with Gasteiger partial charge in [-0.25, -0.2) is 13.4 Å². The number of imidazole rings is 1. The van der Waals surface area contributed by atoms with Crippen LogP contribution in [-0.2, 0) is 27.9 Å². The molecule has 1 aromatic heterocycles. The molecule has 3 rings (SSSR count). The molecule has 0 radical (unpaired) electrons. The Hall–Kier alpha value is -2.10. The Balaban J connectivity index is 1.92. The number of sulfonamides is 1. The first-order valence-corrected chi connectivity index (χ1v) is 14.5. The number of hydrogen-bond acceptors (Lipinski definition) is 5. The number of hydrogen-bond donors (Lipinski definition) is 0. The molecule has 2 heterocycles. The molecule has 10 heteroatoms. The number of amides is 1. The standard InChI is InChI=1S/C25H38ClN5O3S/c1-19(2)25-27-10-14-29(25)13-9-24(32)30-16-15-28(20(3)4)11-6-12-31(35(5,33)34)23-17-22(26)8-7-21(23)18-30/h7-8,10,14,17,19-20H,6,9,11-13,15-16,18H2,1-5H3. The zero-order chi connectivity index (χ0) is 25.8. The van der Waals surface area contributed by atoms with E-state index in [1.807, 2.05) is 21.7 Å². The number of carbonyl (C=O) groups is 1. The molecule has 0 spiro atoms. The topological polar surface area (TPSA) is 78.8 Å². The van der Waals surface area contributed by atoms with E-state index in [0.717, 1.165) is 24.5 Å². The SMILES string of the molecule is CC(C)c1nccn1CCC(=O)N1CCN(C(C)C)CCCN(S(C)(=O)=O)c2cc(Cl)ccc2C1. The van der Waals surface area contributed by atoms with Crippen molar-refractivity contribution in [3.8, 4) is 0 Å². The average Bonchev–Trinajstić information content (AvgIpc) is 3.23. The number of benzene rings is 1. The minimum Gasteiger partial charge on any atom is -0.337 e. The molecule has 0 atom stereocenters. The molecule has 8 nitrogen and oxygen atoms in total. The Labute approximate surface area is 214 Å². The molecular weight excluding hydrogens is 486 g/mol. The van der Waals surface area contributed by atoms with Crippen molar-refractivity contribution in [2.75, 3.05) is 36.7 Å². The van der Waals surface area contributed by atoms with Crippen LogP contribution in [0.3, 0.4) is 0 Å². The van der Waals surface area contributed by atoms with Crippen molar-refractivity contribution in [2.24, 2.45) is 0 Å². The highest BCUT2D eigenvalue weighted by molar-refractivity contribution is 7.92. The molecule has 0 bridgehead atoms. The third-order valence-electron chi connectivity index (χ3n) is 6.45. The van der Waals surface area contributed by atoms with E-state index in [9.17, 15) is 13.2 Å². The van der Waals surface area contributed by atoms with Gasteiger partial charge in [0.2, 0.25) is 15.9 Å². The number of carbonyl (C=O) groups excluding carboxylic acids is 1. The zero-order valence-electron chi connectivity index (χ0n) is 21.4. The fraction of sp³-hybridized carbons (Fsp3) is 0.600. The van der Waals surface area contributed by atoms with E-state index in [1.54, 1.807) is 18.3 Å². The van der Waals surface area contributed by atoms with Crippen molar-refractivity contribution in [3.05, 3.63) is 47.0 Å². The molecule has 1 aromatic carbocycles. The van der Waals surface area contributed by atoms with E-state index >= 15 is 0 Å². The van der Waals surface area contributed by atoms with Crippen molar-refractivity contribution in [2.45, 2.75) is 65.6 Å². The van der Waals surface area contributed by atoms with Gasteiger partial charge in [-0.15, -0.1) is 0 Å². The van der Waals surface area contributed by atoms with E-state index in [0.29, 0.717) is 49.7 Å². The Kier molecular flexibility index (Phi) is 9.23. The monoisotopic (exact) mass is 523 g/mol. The van der Waals surface area contributed by atoms with E-state index in [4.69, 9.17) is 11.6 Å². The molecule has 2 aromatic rings. The van der Waals surface area contributed by atoms with Crippen molar-refractivity contribution in [3.63, 3.8) is 0 Å². The molecule has 194 valence electrons. The summed E-state index contributed by atoms with van der Waals surface area (Å²) in [5.41, 5.74) is 1.32. The fourth-order valence-electron chi connectivity index (χ4n) is 4.54. The Bertz CT molecular complexity index is 1120. The van der Waals surface area contributed by atoms with Crippen LogP contribution in [0.5, 0.6) is 0 Å². The highest BCUT2D eigenvalue weighted by atomic mass is 35.5. The summed E-state index contributed by atoms with van der Waals surface area (Å²) < 4.78 is 28.9. The molecule has 0 unspecified atom stereocenters. The number of rotatable bonds is 6. The summed E-state index contributed by atoms with van der Waals surface area (Å²) in [5, 5.41) is 0.468. The lowest BCUT2D eigenvalue weighted by Gasteiger charge is -2.30. The van der Waals surface area contributed by atoms with E-state index < -0.39 is 10.0 Å². The van der Waals surface area contributed by atoms with Gasteiger partial charge in [-0.3, -0.25) is 14.0 Å². The summed E-state index contributed by atoms with van der Waals surface area (Å²) >= 11 is 6.28. The largest absolute Gasteiger partial charge is 0.337 e. The second-order valence-corrected chi connectivity index (χ2v) is 12.1. The second kappa shape index (κ2) is 11.8. The second-order valence-electron chi connectivity index (χ2n) is 9.79. The summed E-state index contributed by atoms with van der Waals surface area (Å²) in [7, 11) is -3.52. The van der Waals surface area contributed by atoms with E-state index in [-0.39, 0.29) is 17.9 Å². The highest BCUT2D eigenvalue weighted by Gasteiger charge is 2.25. The minimum atomic E-state index is -3.52. The predicted molar refractivity (Wildman–Crippen MR) is 141 cm³/mol. The lowest BCUT2D eigenvalue weighted by Crippen LogP contribution is -2.41. The lowest BCUT2D eigenvalue weighted by molar-refractivity contribution is -0.132. The van der Waals surface area contributed by atoms with Crippen LogP contribution in [0.1, 0.15) is 57.8 Å². The maximum Gasteiger partial charge on any atom is 0.232 e. The lowest BCUT2D eigenvalue weighted by atomic mass is 10.1. The summed E-state index contributed by atoms with van der Waals surface area (Å²) in [6.07, 6.45) is 5.93. The van der Waals surface area contributed by atoms with Gasteiger partial charge in [-0.2, -0.15) is 0 Å². The van der Waals surface area contributed by atoms with E-state index in [2.05, 4.69) is 37.6 Å². The van der Waals surface area contributed by atoms with Crippen molar-refractivity contribution >= 4 is 33.2 Å². The average molecular weight is 524 g/mol. The third-order valence-corrected chi connectivity index (χ3v) is 7.87. The van der Waals surface area contributed by atoms with Gasteiger partial charge in [0.1, 0.15) is 5.82 Å². The maximum absolute atomic E-state index is 13.5. The molecule has 1 aliphatic heterocycles. The molecule has 1 aliphatic rings. The van der Waals surface area contributed by atoms with Gasteiger partial charge in [0.25, 0.3) is 0 Å². The van der Waals surface area contributed by atoms with Crippen LogP contribution < -0.4 is 4.31 Å². The highest BCUT2D eigenvalue weighted by Crippen LogP contribution is 2.29. The molecule has 0 aliphatic carbocycles. The Morgan fingerprint density at radius 2 is 1.86 bits per heavy atom. The molecule has 0 fully saturated rings. The Morgan fingerprint density at radius 1 is 1.11 bits per heavy atom. The number of halogens is 1. The molecule has 1 amide bonds. The summed E-state index contributed by atoms with van der Waals surface area (Å²) in [5.74, 6) is 1.27. The van der Waals surface area contributed by atoms with Crippen LogP contribution in [0.15, 0.2) is 30.6 Å². The van der Waals surface area contributed by atoms with Gasteiger partial charge in [-0.05, 0) is 38.0 Å². The minimum absolute atomic E-state index is 0.0307. The number of fused-ring (bicyclic) bond motifs is 1. The van der Waals surface area contributed by atoms with Crippen LogP contribution in [0.25, 0.3) is 0 Å². The van der Waals surface area contributed by atoms with Gasteiger partial charge in [0, 0.05) is 75.1 Å².